The Kier molecular flexibility index (Phi) is 5.35. The number of amides is 1. The van der Waals surface area contributed by atoms with E-state index in [1.165, 1.54) is 0 Å². The van der Waals surface area contributed by atoms with Crippen LogP contribution in [0.25, 0.3) is 16.2 Å². The van der Waals surface area contributed by atoms with E-state index < -0.39 is 0 Å². The first-order valence-electron chi connectivity index (χ1n) is 9.19. The molecule has 3 heterocycles. The fourth-order valence-corrected chi connectivity index (χ4v) is 5.35. The van der Waals surface area contributed by atoms with Crippen LogP contribution in [0.5, 0.6) is 0 Å². The second kappa shape index (κ2) is 8.43. The molecule has 0 saturated carbocycles. The lowest BCUT2D eigenvalue weighted by atomic mass is 10.1. The molecule has 2 aromatic carbocycles. The highest BCUT2D eigenvalue weighted by molar-refractivity contribution is 7.98. The summed E-state index contributed by atoms with van der Waals surface area (Å²) in [5.74, 6) is 0.622. The molecular formula is C22H16N4OS3. The maximum Gasteiger partial charge on any atom is 0.256 e. The van der Waals surface area contributed by atoms with Crippen molar-refractivity contribution in [1.82, 2.24) is 14.4 Å². The third-order valence-electron chi connectivity index (χ3n) is 4.52. The highest BCUT2D eigenvalue weighted by Crippen LogP contribution is 2.28. The van der Waals surface area contributed by atoms with Crippen LogP contribution in [-0.4, -0.2) is 20.3 Å². The van der Waals surface area contributed by atoms with Crippen molar-refractivity contribution in [1.29, 1.82) is 0 Å². The van der Waals surface area contributed by atoms with Crippen molar-refractivity contribution in [3.63, 3.8) is 0 Å². The molecule has 0 radical (unpaired) electrons. The van der Waals surface area contributed by atoms with Gasteiger partial charge in [0.25, 0.3) is 5.91 Å². The van der Waals surface area contributed by atoms with Gasteiger partial charge in [-0.25, -0.2) is 9.97 Å². The molecule has 5 rings (SSSR count). The maximum atomic E-state index is 12.9. The van der Waals surface area contributed by atoms with E-state index in [1.807, 2.05) is 81.6 Å². The van der Waals surface area contributed by atoms with Crippen molar-refractivity contribution in [2.75, 3.05) is 5.32 Å². The monoisotopic (exact) mass is 448 g/mol. The Morgan fingerprint density at radius 3 is 2.80 bits per heavy atom. The summed E-state index contributed by atoms with van der Waals surface area (Å²) in [5.41, 5.74) is 6.20. The van der Waals surface area contributed by atoms with Gasteiger partial charge in [-0.05, 0) is 24.3 Å². The molecule has 0 saturated heterocycles. The third-order valence-corrected chi connectivity index (χ3v) is 7.04. The number of benzene rings is 2. The molecule has 30 heavy (non-hydrogen) atoms. The number of thiazole rings is 2. The zero-order chi connectivity index (χ0) is 20.3. The van der Waals surface area contributed by atoms with Gasteiger partial charge in [0.05, 0.1) is 22.5 Å². The van der Waals surface area contributed by atoms with E-state index in [9.17, 15) is 4.79 Å². The number of aromatic nitrogens is 3. The fraction of sp³-hybridized carbons (Fsp3) is 0.0455. The number of carbonyl (C=O) groups is 1. The normalized spacial score (nSPS) is 11.1. The number of imidazole rings is 1. The molecule has 0 aliphatic heterocycles. The van der Waals surface area contributed by atoms with E-state index in [-0.39, 0.29) is 5.91 Å². The van der Waals surface area contributed by atoms with Gasteiger partial charge in [-0.1, -0.05) is 24.3 Å². The van der Waals surface area contributed by atoms with Crippen LogP contribution in [0.2, 0.25) is 0 Å². The molecule has 0 aliphatic carbocycles. The van der Waals surface area contributed by atoms with Crippen LogP contribution in [0.1, 0.15) is 16.1 Å². The lowest BCUT2D eigenvalue weighted by molar-refractivity contribution is 0.102. The minimum absolute atomic E-state index is 0.119. The lowest BCUT2D eigenvalue weighted by Crippen LogP contribution is -2.12. The van der Waals surface area contributed by atoms with Crippen LogP contribution in [0.3, 0.4) is 0 Å². The Morgan fingerprint density at radius 2 is 2.00 bits per heavy atom. The van der Waals surface area contributed by atoms with Crippen LogP contribution >= 0.6 is 34.4 Å². The van der Waals surface area contributed by atoms with E-state index >= 15 is 0 Å². The molecule has 8 heteroatoms. The van der Waals surface area contributed by atoms with Crippen molar-refractivity contribution >= 4 is 51.0 Å². The summed E-state index contributed by atoms with van der Waals surface area (Å²) in [4.78, 5) is 23.7. The SMILES string of the molecule is O=C(Nc1ccc(-c2cn3ccsc3n2)cc1)c1ccccc1SCc1cscn1. The number of rotatable bonds is 6. The summed E-state index contributed by atoms with van der Waals surface area (Å²) in [6.07, 6.45) is 4.00. The summed E-state index contributed by atoms with van der Waals surface area (Å²) in [7, 11) is 0. The lowest BCUT2D eigenvalue weighted by Gasteiger charge is -2.10. The van der Waals surface area contributed by atoms with Crippen molar-refractivity contribution in [2.24, 2.45) is 0 Å². The molecule has 0 atom stereocenters. The highest BCUT2D eigenvalue weighted by atomic mass is 32.2. The molecule has 3 aromatic heterocycles. The van der Waals surface area contributed by atoms with Crippen LogP contribution in [0, 0.1) is 0 Å². The molecule has 0 fully saturated rings. The van der Waals surface area contributed by atoms with E-state index in [0.717, 1.165) is 38.2 Å². The van der Waals surface area contributed by atoms with Gasteiger partial charge < -0.3 is 5.32 Å². The minimum Gasteiger partial charge on any atom is -0.322 e. The molecule has 5 nitrogen and oxygen atoms in total. The Morgan fingerprint density at radius 1 is 1.13 bits per heavy atom. The number of nitrogens with zero attached hydrogens (tertiary/aromatic N) is 3. The summed E-state index contributed by atoms with van der Waals surface area (Å²) >= 11 is 4.80. The van der Waals surface area contributed by atoms with Crippen LogP contribution in [-0.2, 0) is 5.75 Å². The van der Waals surface area contributed by atoms with Crippen molar-refractivity contribution < 1.29 is 4.79 Å². The summed E-state index contributed by atoms with van der Waals surface area (Å²) in [6.45, 7) is 0. The Balaban J connectivity index is 1.30. The van der Waals surface area contributed by atoms with Crippen LogP contribution in [0.15, 0.2) is 82.1 Å². The first kappa shape index (κ1) is 19.0. The maximum absolute atomic E-state index is 12.9. The molecule has 5 aromatic rings. The van der Waals surface area contributed by atoms with Gasteiger partial charge in [0.1, 0.15) is 0 Å². The number of fused-ring (bicyclic) bond motifs is 1. The molecule has 0 spiro atoms. The van der Waals surface area contributed by atoms with Crippen molar-refractivity contribution in [2.45, 2.75) is 10.6 Å². The highest BCUT2D eigenvalue weighted by Gasteiger charge is 2.13. The predicted octanol–water partition coefficient (Wildman–Crippen LogP) is 6.06. The topological polar surface area (TPSA) is 59.3 Å². The number of hydrogen-bond donors (Lipinski definition) is 1. The average Bonchev–Trinajstić information content (AvgIpc) is 3.51. The van der Waals surface area contributed by atoms with Gasteiger partial charge in [-0.3, -0.25) is 9.20 Å². The molecule has 148 valence electrons. The number of anilines is 1. The van der Waals surface area contributed by atoms with Gasteiger partial charge in [0.2, 0.25) is 0 Å². The molecular weight excluding hydrogens is 432 g/mol. The first-order chi connectivity index (χ1) is 14.8. The van der Waals surface area contributed by atoms with E-state index in [2.05, 4.69) is 15.3 Å². The summed E-state index contributed by atoms with van der Waals surface area (Å²) < 4.78 is 2.01. The van der Waals surface area contributed by atoms with Crippen molar-refractivity contribution in [3.05, 3.63) is 88.5 Å². The fourth-order valence-electron chi connectivity index (χ4n) is 3.03. The van der Waals surface area contributed by atoms with Crippen LogP contribution < -0.4 is 5.32 Å². The molecule has 0 aliphatic rings. The van der Waals surface area contributed by atoms with Gasteiger partial charge in [-0.2, -0.15) is 0 Å². The van der Waals surface area contributed by atoms with Crippen LogP contribution in [0.4, 0.5) is 5.69 Å². The standard InChI is InChI=1S/C22H16N4OS3/c27-21(18-3-1-2-4-20(18)30-13-17-12-28-14-23-17)24-16-7-5-15(6-8-16)19-11-26-9-10-29-22(26)25-19/h1-12,14H,13H2,(H,24,27). The second-order valence-electron chi connectivity index (χ2n) is 6.52. The Bertz CT molecular complexity index is 1260. The Labute approximate surface area is 185 Å². The molecule has 1 amide bonds. The van der Waals surface area contributed by atoms with Gasteiger partial charge in [0, 0.05) is 45.1 Å². The van der Waals surface area contributed by atoms with Crippen molar-refractivity contribution in [3.8, 4) is 11.3 Å². The number of hydrogen-bond acceptors (Lipinski definition) is 6. The number of carbonyl (C=O) groups excluding carboxylic acids is 1. The zero-order valence-corrected chi connectivity index (χ0v) is 18.1. The molecule has 1 N–H and O–H groups in total. The molecule has 0 bridgehead atoms. The average molecular weight is 449 g/mol. The van der Waals surface area contributed by atoms with E-state index in [4.69, 9.17) is 0 Å². The third kappa shape index (κ3) is 4.02. The minimum atomic E-state index is -0.119. The first-order valence-corrected chi connectivity index (χ1v) is 12.0. The van der Waals surface area contributed by atoms with E-state index in [1.54, 1.807) is 34.4 Å². The number of nitrogens with one attached hydrogen (secondary N) is 1. The number of thioether (sulfide) groups is 1. The second-order valence-corrected chi connectivity index (χ2v) is 9.12. The predicted molar refractivity (Wildman–Crippen MR) is 125 cm³/mol. The summed E-state index contributed by atoms with van der Waals surface area (Å²) in [6, 6.07) is 15.4. The quantitative estimate of drug-likeness (QED) is 0.321. The van der Waals surface area contributed by atoms with Gasteiger partial charge in [-0.15, -0.1) is 34.4 Å². The van der Waals surface area contributed by atoms with E-state index in [0.29, 0.717) is 5.56 Å². The summed E-state index contributed by atoms with van der Waals surface area (Å²) in [5, 5.41) is 7.04. The largest absolute Gasteiger partial charge is 0.322 e. The van der Waals surface area contributed by atoms with Gasteiger partial charge in [0.15, 0.2) is 4.96 Å². The smallest absolute Gasteiger partial charge is 0.256 e. The zero-order valence-electron chi connectivity index (χ0n) is 15.7. The van der Waals surface area contributed by atoms with Gasteiger partial charge >= 0.3 is 0 Å². The Hall–Kier alpha value is -2.94. The molecule has 0 unspecified atom stereocenters.